The molecule has 4 rings (SSSR count). The fourth-order valence-electron chi connectivity index (χ4n) is 2.29. The number of amides is 1. The number of rotatable bonds is 5. The van der Waals surface area contributed by atoms with Crippen molar-refractivity contribution < 1.29 is 14.1 Å². The van der Waals surface area contributed by atoms with Crippen molar-refractivity contribution in [1.82, 2.24) is 10.1 Å². The van der Waals surface area contributed by atoms with Gasteiger partial charge in [-0.2, -0.15) is 0 Å². The first-order valence-electron chi connectivity index (χ1n) is 7.79. The molecule has 7 heteroatoms. The molecule has 0 aliphatic heterocycles. The Bertz CT molecular complexity index is 1010. The van der Waals surface area contributed by atoms with E-state index < -0.39 is 0 Å². The van der Waals surface area contributed by atoms with E-state index in [4.69, 9.17) is 9.26 Å². The summed E-state index contributed by atoms with van der Waals surface area (Å²) in [6, 6.07) is 17.8. The van der Waals surface area contributed by atoms with Crippen molar-refractivity contribution in [3.8, 4) is 22.2 Å². The fraction of sp³-hybridized carbons (Fsp3) is 0. The van der Waals surface area contributed by atoms with Crippen molar-refractivity contribution in [2.24, 2.45) is 0 Å². The van der Waals surface area contributed by atoms with Gasteiger partial charge in [0, 0.05) is 23.9 Å². The highest BCUT2D eigenvalue weighted by atomic mass is 32.1. The molecule has 6 nitrogen and oxygen atoms in total. The van der Waals surface area contributed by atoms with Gasteiger partial charge < -0.3 is 9.26 Å². The van der Waals surface area contributed by atoms with E-state index in [9.17, 15) is 4.79 Å². The predicted octanol–water partition coefficient (Wildman–Crippen LogP) is 4.84. The van der Waals surface area contributed by atoms with Crippen LogP contribution in [0.15, 0.2) is 76.8 Å². The number of hydrogen-bond acceptors (Lipinski definition) is 6. The summed E-state index contributed by atoms with van der Waals surface area (Å²) in [6.07, 6.45) is 1.64. The molecule has 0 saturated heterocycles. The van der Waals surface area contributed by atoms with Crippen LogP contribution >= 0.6 is 11.3 Å². The maximum Gasteiger partial charge on any atom is 0.258 e. The van der Waals surface area contributed by atoms with Crippen molar-refractivity contribution in [1.29, 1.82) is 0 Å². The van der Waals surface area contributed by atoms with Gasteiger partial charge in [-0.25, -0.2) is 4.98 Å². The molecule has 0 fully saturated rings. The van der Waals surface area contributed by atoms with Crippen LogP contribution in [0.3, 0.4) is 0 Å². The molecule has 1 amide bonds. The van der Waals surface area contributed by atoms with Gasteiger partial charge in [0.2, 0.25) is 11.8 Å². The zero-order valence-corrected chi connectivity index (χ0v) is 14.3. The van der Waals surface area contributed by atoms with Gasteiger partial charge in [-0.1, -0.05) is 23.4 Å². The Morgan fingerprint density at radius 1 is 1.08 bits per heavy atom. The van der Waals surface area contributed by atoms with Crippen molar-refractivity contribution in [3.05, 3.63) is 77.8 Å². The summed E-state index contributed by atoms with van der Waals surface area (Å²) >= 11 is 1.55. The zero-order valence-electron chi connectivity index (χ0n) is 13.5. The monoisotopic (exact) mass is 363 g/mol. The molecular formula is C19H13N3O3S. The van der Waals surface area contributed by atoms with Crippen LogP contribution in [-0.4, -0.2) is 16.0 Å². The smallest absolute Gasteiger partial charge is 0.258 e. The summed E-state index contributed by atoms with van der Waals surface area (Å²) in [5.41, 5.74) is 1.12. The number of benzene rings is 1. The standard InChI is InChI=1S/C19H13N3O3S/c23-19(21-18-12-15(22-25-18)16-7-4-10-26-16)13-5-3-6-14(11-13)24-17-8-1-2-9-20-17/h1-12H,(H,21,23). The lowest BCUT2D eigenvalue weighted by Gasteiger charge is -2.06. The molecule has 1 aromatic carbocycles. The Labute approximate surface area is 153 Å². The van der Waals surface area contributed by atoms with Gasteiger partial charge in [0.05, 0.1) is 4.88 Å². The van der Waals surface area contributed by atoms with Gasteiger partial charge in [0.25, 0.3) is 5.91 Å². The second-order valence-corrected chi connectivity index (χ2v) is 6.25. The number of hydrogen-bond donors (Lipinski definition) is 1. The van der Waals surface area contributed by atoms with Crippen LogP contribution in [-0.2, 0) is 0 Å². The van der Waals surface area contributed by atoms with E-state index in [1.807, 2.05) is 23.6 Å². The molecule has 0 unspecified atom stereocenters. The van der Waals surface area contributed by atoms with Gasteiger partial charge >= 0.3 is 0 Å². The van der Waals surface area contributed by atoms with E-state index in [1.54, 1.807) is 60.0 Å². The highest BCUT2D eigenvalue weighted by Gasteiger charge is 2.12. The molecule has 4 aromatic rings. The van der Waals surface area contributed by atoms with Gasteiger partial charge in [0.15, 0.2) is 0 Å². The summed E-state index contributed by atoms with van der Waals surface area (Å²) in [5.74, 6) is 0.953. The largest absolute Gasteiger partial charge is 0.439 e. The predicted molar refractivity (Wildman–Crippen MR) is 98.5 cm³/mol. The fourth-order valence-corrected chi connectivity index (χ4v) is 2.97. The lowest BCUT2D eigenvalue weighted by molar-refractivity contribution is 0.102. The second kappa shape index (κ2) is 7.20. The summed E-state index contributed by atoms with van der Waals surface area (Å²) in [6.45, 7) is 0. The molecule has 26 heavy (non-hydrogen) atoms. The van der Waals surface area contributed by atoms with Crippen LogP contribution in [0, 0.1) is 0 Å². The molecule has 0 aliphatic rings. The summed E-state index contributed by atoms with van der Waals surface area (Å²) in [5, 5.41) is 8.62. The first-order chi connectivity index (χ1) is 12.8. The minimum absolute atomic E-state index is 0.287. The number of aromatic nitrogens is 2. The molecule has 0 atom stereocenters. The van der Waals surface area contributed by atoms with Gasteiger partial charge in [-0.3, -0.25) is 10.1 Å². The highest BCUT2D eigenvalue weighted by Crippen LogP contribution is 2.26. The highest BCUT2D eigenvalue weighted by molar-refractivity contribution is 7.13. The molecule has 128 valence electrons. The van der Waals surface area contributed by atoms with Gasteiger partial charge in [-0.15, -0.1) is 11.3 Å². The number of pyridine rings is 1. The number of ether oxygens (including phenoxy) is 1. The van der Waals surface area contributed by atoms with Gasteiger partial charge in [-0.05, 0) is 35.7 Å². The molecule has 0 aliphatic carbocycles. The quantitative estimate of drug-likeness (QED) is 0.549. The van der Waals surface area contributed by atoms with E-state index in [0.717, 1.165) is 4.88 Å². The van der Waals surface area contributed by atoms with Crippen LogP contribution in [0.1, 0.15) is 10.4 Å². The number of nitrogens with zero attached hydrogens (tertiary/aromatic N) is 2. The van der Waals surface area contributed by atoms with Crippen LogP contribution in [0.2, 0.25) is 0 Å². The van der Waals surface area contributed by atoms with Crippen molar-refractivity contribution in [3.63, 3.8) is 0 Å². The lowest BCUT2D eigenvalue weighted by atomic mass is 10.2. The van der Waals surface area contributed by atoms with Crippen LogP contribution in [0.4, 0.5) is 5.88 Å². The zero-order chi connectivity index (χ0) is 17.8. The minimum Gasteiger partial charge on any atom is -0.439 e. The average Bonchev–Trinajstić information content (AvgIpc) is 3.34. The molecule has 1 N–H and O–H groups in total. The molecular weight excluding hydrogens is 350 g/mol. The number of carbonyl (C=O) groups excluding carboxylic acids is 1. The van der Waals surface area contributed by atoms with Crippen LogP contribution in [0.5, 0.6) is 11.6 Å². The lowest BCUT2D eigenvalue weighted by Crippen LogP contribution is -2.11. The third-order valence-electron chi connectivity index (χ3n) is 3.48. The molecule has 0 bridgehead atoms. The maximum atomic E-state index is 12.4. The first kappa shape index (κ1) is 16.0. The van der Waals surface area contributed by atoms with E-state index in [2.05, 4.69) is 15.5 Å². The number of carbonyl (C=O) groups is 1. The Morgan fingerprint density at radius 2 is 2.04 bits per heavy atom. The second-order valence-electron chi connectivity index (χ2n) is 5.31. The summed E-state index contributed by atoms with van der Waals surface area (Å²) in [4.78, 5) is 17.5. The minimum atomic E-state index is -0.314. The number of nitrogens with one attached hydrogen (secondary N) is 1. The average molecular weight is 363 g/mol. The number of thiophene rings is 1. The normalized spacial score (nSPS) is 10.5. The van der Waals surface area contributed by atoms with E-state index in [-0.39, 0.29) is 11.8 Å². The van der Waals surface area contributed by atoms with Crippen LogP contribution in [0.25, 0.3) is 10.6 Å². The Hall–Kier alpha value is -3.45. The summed E-state index contributed by atoms with van der Waals surface area (Å²) < 4.78 is 10.8. The molecule has 3 heterocycles. The Balaban J connectivity index is 1.47. The molecule has 3 aromatic heterocycles. The third kappa shape index (κ3) is 3.62. The topological polar surface area (TPSA) is 77.2 Å². The van der Waals surface area contributed by atoms with Crippen LogP contribution < -0.4 is 10.1 Å². The molecule has 0 saturated carbocycles. The Morgan fingerprint density at radius 3 is 2.85 bits per heavy atom. The maximum absolute atomic E-state index is 12.4. The van der Waals surface area contributed by atoms with Gasteiger partial charge in [0.1, 0.15) is 11.4 Å². The molecule has 0 radical (unpaired) electrons. The van der Waals surface area contributed by atoms with Crippen molar-refractivity contribution in [2.45, 2.75) is 0 Å². The van der Waals surface area contributed by atoms with Crippen molar-refractivity contribution in [2.75, 3.05) is 5.32 Å². The summed E-state index contributed by atoms with van der Waals surface area (Å²) in [7, 11) is 0. The first-order valence-corrected chi connectivity index (χ1v) is 8.67. The molecule has 0 spiro atoms. The van der Waals surface area contributed by atoms with E-state index >= 15 is 0 Å². The SMILES string of the molecule is O=C(Nc1cc(-c2cccs2)no1)c1cccc(Oc2ccccn2)c1. The van der Waals surface area contributed by atoms with E-state index in [0.29, 0.717) is 22.9 Å². The van der Waals surface area contributed by atoms with Crippen molar-refractivity contribution >= 4 is 23.1 Å². The number of anilines is 1. The third-order valence-corrected chi connectivity index (χ3v) is 4.37. The van der Waals surface area contributed by atoms with E-state index in [1.165, 1.54) is 0 Å². The Kier molecular flexibility index (Phi) is 4.44.